The number of carboxylic acids is 1. The van der Waals surface area contributed by atoms with Crippen molar-refractivity contribution in [2.75, 3.05) is 39.4 Å². The van der Waals surface area contributed by atoms with E-state index in [1.54, 1.807) is 6.20 Å². The van der Waals surface area contributed by atoms with Crippen molar-refractivity contribution < 1.29 is 19.4 Å². The summed E-state index contributed by atoms with van der Waals surface area (Å²) in [5, 5.41) is 15.4. The van der Waals surface area contributed by atoms with Gasteiger partial charge in [-0.05, 0) is 0 Å². The predicted molar refractivity (Wildman–Crippen MR) is 74.1 cm³/mol. The number of morpholine rings is 1. The second-order valence-electron chi connectivity index (χ2n) is 4.85. The van der Waals surface area contributed by atoms with Gasteiger partial charge < -0.3 is 15.2 Å². The molecule has 2 heterocycles. The third-order valence-corrected chi connectivity index (χ3v) is 3.27. The van der Waals surface area contributed by atoms with Crippen molar-refractivity contribution in [2.24, 2.45) is 0 Å². The van der Waals surface area contributed by atoms with Gasteiger partial charge in [-0.25, -0.2) is 0 Å². The molecule has 0 aromatic carbocycles. The standard InChI is InChI=1S/C13H20N4O4/c18-12(19)1-3-17-10-11(9-15-17)13(20)14-2-4-16-5-7-21-8-6-16/h9-10H,1-8H2,(H,14,20)(H,18,19). The zero-order chi connectivity index (χ0) is 15.1. The average molecular weight is 296 g/mol. The van der Waals surface area contributed by atoms with Crippen molar-refractivity contribution in [3.63, 3.8) is 0 Å². The van der Waals surface area contributed by atoms with Crippen LogP contribution < -0.4 is 5.32 Å². The van der Waals surface area contributed by atoms with Gasteiger partial charge in [0.15, 0.2) is 0 Å². The first-order valence-corrected chi connectivity index (χ1v) is 6.97. The number of carbonyl (C=O) groups excluding carboxylic acids is 1. The number of carboxylic acid groups (broad SMARTS) is 1. The lowest BCUT2D eigenvalue weighted by atomic mass is 10.3. The zero-order valence-electron chi connectivity index (χ0n) is 11.8. The smallest absolute Gasteiger partial charge is 0.305 e. The number of amides is 1. The molecule has 8 heteroatoms. The number of hydrogen-bond acceptors (Lipinski definition) is 5. The van der Waals surface area contributed by atoms with Crippen LogP contribution in [0.25, 0.3) is 0 Å². The summed E-state index contributed by atoms with van der Waals surface area (Å²) in [6.07, 6.45) is 3.00. The van der Waals surface area contributed by atoms with E-state index in [2.05, 4.69) is 15.3 Å². The van der Waals surface area contributed by atoms with Crippen LogP contribution in [0.5, 0.6) is 0 Å². The molecule has 1 aliphatic rings. The van der Waals surface area contributed by atoms with Gasteiger partial charge in [0.2, 0.25) is 0 Å². The lowest BCUT2D eigenvalue weighted by Crippen LogP contribution is -2.41. The molecular formula is C13H20N4O4. The Hall–Kier alpha value is -1.93. The maximum atomic E-state index is 11.9. The maximum absolute atomic E-state index is 11.9. The fourth-order valence-electron chi connectivity index (χ4n) is 2.07. The molecule has 1 aromatic rings. The van der Waals surface area contributed by atoms with Crippen molar-refractivity contribution in [1.29, 1.82) is 0 Å². The topological polar surface area (TPSA) is 96.7 Å². The number of carbonyl (C=O) groups is 2. The largest absolute Gasteiger partial charge is 0.481 e. The van der Waals surface area contributed by atoms with Crippen LogP contribution in [0.2, 0.25) is 0 Å². The van der Waals surface area contributed by atoms with E-state index in [-0.39, 0.29) is 18.9 Å². The van der Waals surface area contributed by atoms with Gasteiger partial charge >= 0.3 is 5.97 Å². The van der Waals surface area contributed by atoms with E-state index in [0.29, 0.717) is 12.1 Å². The fourth-order valence-corrected chi connectivity index (χ4v) is 2.07. The molecule has 2 rings (SSSR count). The van der Waals surface area contributed by atoms with E-state index in [0.717, 1.165) is 32.8 Å². The van der Waals surface area contributed by atoms with Crippen LogP contribution in [0.3, 0.4) is 0 Å². The Labute approximate surface area is 122 Å². The van der Waals surface area contributed by atoms with Crippen molar-refractivity contribution in [3.05, 3.63) is 18.0 Å². The molecule has 116 valence electrons. The van der Waals surface area contributed by atoms with E-state index in [1.165, 1.54) is 10.9 Å². The first-order valence-electron chi connectivity index (χ1n) is 6.97. The van der Waals surface area contributed by atoms with Crippen LogP contribution in [-0.2, 0) is 16.1 Å². The Kier molecular flexibility index (Phi) is 5.70. The normalized spacial score (nSPS) is 15.8. The lowest BCUT2D eigenvalue weighted by molar-refractivity contribution is -0.137. The van der Waals surface area contributed by atoms with Crippen LogP contribution in [0.4, 0.5) is 0 Å². The second kappa shape index (κ2) is 7.75. The summed E-state index contributed by atoms with van der Waals surface area (Å²) in [7, 11) is 0. The first kappa shape index (κ1) is 15.5. The molecule has 1 amide bonds. The highest BCUT2D eigenvalue weighted by Gasteiger charge is 2.12. The van der Waals surface area contributed by atoms with Crippen molar-refractivity contribution in [3.8, 4) is 0 Å². The molecule has 0 aliphatic carbocycles. The van der Waals surface area contributed by atoms with Crippen LogP contribution in [0.15, 0.2) is 12.4 Å². The zero-order valence-corrected chi connectivity index (χ0v) is 11.8. The summed E-state index contributed by atoms with van der Waals surface area (Å²) in [4.78, 5) is 24.6. The molecule has 1 saturated heterocycles. The molecule has 0 unspecified atom stereocenters. The quantitative estimate of drug-likeness (QED) is 0.699. The summed E-state index contributed by atoms with van der Waals surface area (Å²) < 4.78 is 6.72. The van der Waals surface area contributed by atoms with Crippen LogP contribution >= 0.6 is 0 Å². The fraction of sp³-hybridized carbons (Fsp3) is 0.615. The molecular weight excluding hydrogens is 276 g/mol. The van der Waals surface area contributed by atoms with Crippen LogP contribution in [0, 0.1) is 0 Å². The molecule has 2 N–H and O–H groups in total. The van der Waals surface area contributed by atoms with Gasteiger partial charge in [0, 0.05) is 32.4 Å². The van der Waals surface area contributed by atoms with E-state index >= 15 is 0 Å². The number of aliphatic carboxylic acids is 1. The van der Waals surface area contributed by atoms with Crippen molar-refractivity contribution in [1.82, 2.24) is 20.0 Å². The van der Waals surface area contributed by atoms with Gasteiger partial charge in [0.05, 0.1) is 37.9 Å². The third kappa shape index (κ3) is 5.16. The van der Waals surface area contributed by atoms with Gasteiger partial charge in [0.1, 0.15) is 0 Å². The van der Waals surface area contributed by atoms with Crippen molar-refractivity contribution in [2.45, 2.75) is 13.0 Å². The Morgan fingerprint density at radius 3 is 2.81 bits per heavy atom. The maximum Gasteiger partial charge on any atom is 0.305 e. The van der Waals surface area contributed by atoms with Gasteiger partial charge in [-0.1, -0.05) is 0 Å². The average Bonchev–Trinajstić information content (AvgIpc) is 2.95. The molecule has 0 spiro atoms. The van der Waals surface area contributed by atoms with Gasteiger partial charge in [-0.2, -0.15) is 5.10 Å². The van der Waals surface area contributed by atoms with Crippen molar-refractivity contribution >= 4 is 11.9 Å². The molecule has 21 heavy (non-hydrogen) atoms. The monoisotopic (exact) mass is 296 g/mol. The van der Waals surface area contributed by atoms with E-state index in [1.807, 2.05) is 0 Å². The Bertz CT molecular complexity index is 482. The highest BCUT2D eigenvalue weighted by molar-refractivity contribution is 5.93. The molecule has 1 fully saturated rings. The predicted octanol–water partition coefficient (Wildman–Crippen LogP) is -0.580. The summed E-state index contributed by atoms with van der Waals surface area (Å²) in [6, 6.07) is 0. The number of nitrogens with zero attached hydrogens (tertiary/aromatic N) is 3. The van der Waals surface area contributed by atoms with E-state index in [4.69, 9.17) is 9.84 Å². The number of hydrogen-bond donors (Lipinski definition) is 2. The molecule has 0 atom stereocenters. The summed E-state index contributed by atoms with van der Waals surface area (Å²) >= 11 is 0. The third-order valence-electron chi connectivity index (χ3n) is 3.27. The highest BCUT2D eigenvalue weighted by Crippen LogP contribution is 1.99. The van der Waals surface area contributed by atoms with E-state index < -0.39 is 5.97 Å². The Morgan fingerprint density at radius 2 is 2.10 bits per heavy atom. The number of rotatable bonds is 7. The molecule has 0 saturated carbocycles. The number of ether oxygens (including phenoxy) is 1. The van der Waals surface area contributed by atoms with Gasteiger partial charge in [-0.3, -0.25) is 19.2 Å². The molecule has 0 bridgehead atoms. The Balaban J connectivity index is 1.71. The van der Waals surface area contributed by atoms with Gasteiger partial charge in [-0.15, -0.1) is 0 Å². The summed E-state index contributed by atoms with van der Waals surface area (Å²) in [5.41, 5.74) is 0.447. The van der Waals surface area contributed by atoms with Gasteiger partial charge in [0.25, 0.3) is 5.91 Å². The minimum absolute atomic E-state index is 0.0141. The number of aromatic nitrogens is 2. The first-order chi connectivity index (χ1) is 10.1. The second-order valence-corrected chi connectivity index (χ2v) is 4.85. The lowest BCUT2D eigenvalue weighted by Gasteiger charge is -2.26. The van der Waals surface area contributed by atoms with Crippen LogP contribution in [-0.4, -0.2) is 71.1 Å². The number of aryl methyl sites for hydroxylation is 1. The SMILES string of the molecule is O=C(O)CCn1cc(C(=O)NCCN2CCOCC2)cn1. The summed E-state index contributed by atoms with van der Waals surface area (Å²) in [5.74, 6) is -1.08. The van der Waals surface area contributed by atoms with Crippen LogP contribution in [0.1, 0.15) is 16.8 Å². The molecule has 8 nitrogen and oxygen atoms in total. The summed E-state index contributed by atoms with van der Waals surface area (Å²) in [6.45, 7) is 4.89. The molecule has 0 radical (unpaired) electrons. The Morgan fingerprint density at radius 1 is 1.33 bits per heavy atom. The number of nitrogens with one attached hydrogen (secondary N) is 1. The van der Waals surface area contributed by atoms with E-state index in [9.17, 15) is 9.59 Å². The molecule has 1 aliphatic heterocycles. The minimum atomic E-state index is -0.887. The molecule has 1 aromatic heterocycles. The highest BCUT2D eigenvalue weighted by atomic mass is 16.5. The minimum Gasteiger partial charge on any atom is -0.481 e.